The summed E-state index contributed by atoms with van der Waals surface area (Å²) in [4.78, 5) is 31.0. The molecule has 0 radical (unpaired) electrons. The summed E-state index contributed by atoms with van der Waals surface area (Å²) in [5, 5.41) is 5.05. The minimum absolute atomic E-state index is 0.0519. The molecule has 1 aromatic heterocycles. The number of imidazole rings is 1. The summed E-state index contributed by atoms with van der Waals surface area (Å²) in [7, 11) is 0. The molecule has 0 saturated carbocycles. The monoisotopic (exact) mass is 342 g/mol. The van der Waals surface area contributed by atoms with Crippen molar-refractivity contribution in [2.45, 2.75) is 0 Å². The smallest absolute Gasteiger partial charge is 0.276 e. The van der Waals surface area contributed by atoms with Crippen molar-refractivity contribution in [3.8, 4) is 0 Å². The minimum atomic E-state index is -0.628. The first kappa shape index (κ1) is 16.3. The van der Waals surface area contributed by atoms with Crippen molar-refractivity contribution in [2.24, 2.45) is 0 Å². The van der Waals surface area contributed by atoms with E-state index in [1.165, 1.54) is 54.9 Å². The zero-order chi connectivity index (χ0) is 17.8. The second-order valence-electron chi connectivity index (χ2n) is 5.05. The normalized spacial score (nSPS) is 10.3. The first-order valence-corrected chi connectivity index (χ1v) is 7.20. The highest BCUT2D eigenvalue weighted by atomic mass is 19.1. The molecule has 0 aliphatic carbocycles. The number of halogens is 2. The number of rotatable bonds is 4. The molecule has 2 amide bonds. The Balaban J connectivity index is 1.74. The zero-order valence-electron chi connectivity index (χ0n) is 12.7. The summed E-state index contributed by atoms with van der Waals surface area (Å²) < 4.78 is 25.8. The molecular weight excluding hydrogens is 330 g/mol. The number of hydrogen-bond donors (Lipinski definition) is 3. The zero-order valence-corrected chi connectivity index (χ0v) is 12.7. The summed E-state index contributed by atoms with van der Waals surface area (Å²) >= 11 is 0. The SMILES string of the molecule is O=C(Nc1ccc(F)cc1)c1nc[nH]c1C(=O)Nc1ccc(F)cc1. The van der Waals surface area contributed by atoms with E-state index in [4.69, 9.17) is 0 Å². The van der Waals surface area contributed by atoms with Crippen LogP contribution < -0.4 is 10.6 Å². The summed E-state index contributed by atoms with van der Waals surface area (Å²) in [6.45, 7) is 0. The highest BCUT2D eigenvalue weighted by Gasteiger charge is 2.20. The number of nitrogens with one attached hydrogen (secondary N) is 3. The number of aromatic nitrogens is 2. The Hall–Kier alpha value is -3.55. The van der Waals surface area contributed by atoms with E-state index in [0.29, 0.717) is 11.4 Å². The van der Waals surface area contributed by atoms with Gasteiger partial charge < -0.3 is 15.6 Å². The average Bonchev–Trinajstić information content (AvgIpc) is 3.09. The molecule has 0 spiro atoms. The molecule has 8 heteroatoms. The number of nitrogens with zero attached hydrogens (tertiary/aromatic N) is 1. The lowest BCUT2D eigenvalue weighted by Gasteiger charge is -2.07. The van der Waals surface area contributed by atoms with E-state index < -0.39 is 23.4 Å². The largest absolute Gasteiger partial charge is 0.340 e. The van der Waals surface area contributed by atoms with E-state index in [-0.39, 0.29) is 11.4 Å². The molecule has 0 aliphatic rings. The van der Waals surface area contributed by atoms with Crippen molar-refractivity contribution in [1.29, 1.82) is 0 Å². The van der Waals surface area contributed by atoms with Crippen LogP contribution in [0.15, 0.2) is 54.9 Å². The van der Waals surface area contributed by atoms with Gasteiger partial charge >= 0.3 is 0 Å². The summed E-state index contributed by atoms with van der Waals surface area (Å²) in [6, 6.07) is 10.3. The van der Waals surface area contributed by atoms with Crippen LogP contribution in [0.4, 0.5) is 20.2 Å². The predicted octanol–water partition coefficient (Wildman–Crippen LogP) is 3.19. The van der Waals surface area contributed by atoms with Gasteiger partial charge in [-0.05, 0) is 48.5 Å². The van der Waals surface area contributed by atoms with Gasteiger partial charge in [-0.1, -0.05) is 0 Å². The number of H-pyrrole nitrogens is 1. The van der Waals surface area contributed by atoms with Gasteiger partial charge in [-0.3, -0.25) is 9.59 Å². The van der Waals surface area contributed by atoms with Crippen LogP contribution in [0.1, 0.15) is 21.0 Å². The van der Waals surface area contributed by atoms with E-state index >= 15 is 0 Å². The first-order valence-electron chi connectivity index (χ1n) is 7.20. The van der Waals surface area contributed by atoms with E-state index in [1.54, 1.807) is 0 Å². The number of hydrogen-bond acceptors (Lipinski definition) is 3. The molecule has 0 unspecified atom stereocenters. The van der Waals surface area contributed by atoms with Crippen LogP contribution >= 0.6 is 0 Å². The number of amides is 2. The van der Waals surface area contributed by atoms with Crippen LogP contribution in [-0.2, 0) is 0 Å². The third-order valence-corrected chi connectivity index (χ3v) is 3.29. The lowest BCUT2D eigenvalue weighted by molar-refractivity contribution is 0.0985. The molecule has 1 heterocycles. The Morgan fingerprint density at radius 2 is 1.28 bits per heavy atom. The van der Waals surface area contributed by atoms with Gasteiger partial charge in [0, 0.05) is 11.4 Å². The quantitative estimate of drug-likeness (QED) is 0.680. The van der Waals surface area contributed by atoms with Gasteiger partial charge in [0.15, 0.2) is 5.69 Å². The van der Waals surface area contributed by atoms with Crippen molar-refractivity contribution < 1.29 is 18.4 Å². The first-order chi connectivity index (χ1) is 12.0. The van der Waals surface area contributed by atoms with Gasteiger partial charge in [0.1, 0.15) is 17.3 Å². The van der Waals surface area contributed by atoms with Gasteiger partial charge in [-0.2, -0.15) is 0 Å². The van der Waals surface area contributed by atoms with Crippen molar-refractivity contribution in [1.82, 2.24) is 9.97 Å². The molecule has 3 rings (SSSR count). The molecule has 0 atom stereocenters. The summed E-state index contributed by atoms with van der Waals surface area (Å²) in [6.07, 6.45) is 1.21. The second-order valence-corrected chi connectivity index (χ2v) is 5.05. The number of benzene rings is 2. The number of carbonyl (C=O) groups is 2. The standard InChI is InChI=1S/C17H12F2N4O2/c18-10-1-5-12(6-2-10)22-16(24)14-15(21-9-20-14)17(25)23-13-7-3-11(19)4-8-13/h1-9H,(H,20,21)(H,22,24)(H,23,25). The van der Waals surface area contributed by atoms with Crippen molar-refractivity contribution >= 4 is 23.2 Å². The maximum Gasteiger partial charge on any atom is 0.276 e. The van der Waals surface area contributed by atoms with Crippen LogP contribution in [0.2, 0.25) is 0 Å². The van der Waals surface area contributed by atoms with Crippen molar-refractivity contribution in [3.05, 3.63) is 77.9 Å². The van der Waals surface area contributed by atoms with E-state index in [1.807, 2.05) is 0 Å². The van der Waals surface area contributed by atoms with E-state index in [2.05, 4.69) is 20.6 Å². The maximum atomic E-state index is 12.9. The second kappa shape index (κ2) is 6.91. The molecule has 25 heavy (non-hydrogen) atoms. The van der Waals surface area contributed by atoms with Gasteiger partial charge in [0.25, 0.3) is 11.8 Å². The highest BCUT2D eigenvalue weighted by molar-refractivity contribution is 6.13. The average molecular weight is 342 g/mol. The lowest BCUT2D eigenvalue weighted by atomic mass is 10.2. The predicted molar refractivity (Wildman–Crippen MR) is 87.3 cm³/mol. The molecule has 126 valence electrons. The van der Waals surface area contributed by atoms with Crippen LogP contribution in [0.25, 0.3) is 0 Å². The number of aromatic amines is 1. The Morgan fingerprint density at radius 3 is 1.80 bits per heavy atom. The van der Waals surface area contributed by atoms with Crippen molar-refractivity contribution in [3.63, 3.8) is 0 Å². The number of anilines is 2. The Labute approximate surface area is 140 Å². The molecule has 3 aromatic rings. The van der Waals surface area contributed by atoms with Crippen LogP contribution in [0.3, 0.4) is 0 Å². The maximum absolute atomic E-state index is 12.9. The molecule has 0 fully saturated rings. The lowest BCUT2D eigenvalue weighted by Crippen LogP contribution is -2.20. The van der Waals surface area contributed by atoms with Gasteiger partial charge in [-0.25, -0.2) is 13.8 Å². The van der Waals surface area contributed by atoms with Gasteiger partial charge in [0.2, 0.25) is 0 Å². The van der Waals surface area contributed by atoms with Crippen molar-refractivity contribution in [2.75, 3.05) is 10.6 Å². The molecule has 0 aliphatic heterocycles. The topological polar surface area (TPSA) is 86.9 Å². The fourth-order valence-corrected chi connectivity index (χ4v) is 2.09. The molecule has 2 aromatic carbocycles. The molecular formula is C17H12F2N4O2. The Bertz CT molecular complexity index is 831. The fraction of sp³-hybridized carbons (Fsp3) is 0. The van der Waals surface area contributed by atoms with Crippen LogP contribution in [0.5, 0.6) is 0 Å². The molecule has 0 bridgehead atoms. The van der Waals surface area contributed by atoms with Crippen LogP contribution in [-0.4, -0.2) is 21.8 Å². The van der Waals surface area contributed by atoms with E-state index in [0.717, 1.165) is 0 Å². The summed E-state index contributed by atoms with van der Waals surface area (Å²) in [5.41, 5.74) is 0.554. The molecule has 6 nitrogen and oxygen atoms in total. The third-order valence-electron chi connectivity index (χ3n) is 3.29. The van der Waals surface area contributed by atoms with Gasteiger partial charge in [0.05, 0.1) is 6.33 Å². The Morgan fingerprint density at radius 1 is 0.800 bits per heavy atom. The fourth-order valence-electron chi connectivity index (χ4n) is 2.09. The summed E-state index contributed by atoms with van der Waals surface area (Å²) in [5.74, 6) is -2.10. The molecule has 3 N–H and O–H groups in total. The van der Waals surface area contributed by atoms with E-state index in [9.17, 15) is 18.4 Å². The number of carbonyl (C=O) groups excluding carboxylic acids is 2. The Kier molecular flexibility index (Phi) is 4.51. The highest BCUT2D eigenvalue weighted by Crippen LogP contribution is 2.14. The van der Waals surface area contributed by atoms with Crippen LogP contribution in [0, 0.1) is 11.6 Å². The minimum Gasteiger partial charge on any atom is -0.340 e. The third kappa shape index (κ3) is 3.86. The molecule has 0 saturated heterocycles. The van der Waals surface area contributed by atoms with Gasteiger partial charge in [-0.15, -0.1) is 0 Å².